The monoisotopic (exact) mass is 381 g/mol. The molecule has 1 aliphatic heterocycles. The molecule has 2 N–H and O–H groups in total. The predicted octanol–water partition coefficient (Wildman–Crippen LogP) is 4.06. The molecular weight excluding hydrogens is 358 g/mol. The largest absolute Gasteiger partial charge is 0.326 e. The van der Waals surface area contributed by atoms with Gasteiger partial charge in [-0.2, -0.15) is 0 Å². The van der Waals surface area contributed by atoms with E-state index >= 15 is 0 Å². The predicted molar refractivity (Wildman–Crippen MR) is 112 cm³/mol. The van der Waals surface area contributed by atoms with E-state index in [-0.39, 0.29) is 18.2 Å². The molecule has 1 fully saturated rings. The highest BCUT2D eigenvalue weighted by molar-refractivity contribution is 8.15. The standard InChI is InChI=1S/C21H23N3O2S/c1-3-14-9-8-10-15(4-2)19(14)23-21-24-20(26)17(27-21)13-18(25)22-16-11-6-5-7-12-16/h5-12,17H,3-4,13H2,1-2H3,(H,22,25)(H,23,24,26)/t17-/m0/s1. The van der Waals surface area contributed by atoms with Crippen molar-refractivity contribution in [2.75, 3.05) is 5.32 Å². The van der Waals surface area contributed by atoms with Gasteiger partial charge < -0.3 is 10.6 Å². The Bertz CT molecular complexity index is 843. The molecule has 5 nitrogen and oxygen atoms in total. The number of nitrogens with one attached hydrogen (secondary N) is 2. The molecule has 1 atom stereocenters. The Hall–Kier alpha value is -2.60. The minimum absolute atomic E-state index is 0.112. The van der Waals surface area contributed by atoms with Crippen LogP contribution in [0.5, 0.6) is 0 Å². The number of hydrogen-bond acceptors (Lipinski definition) is 4. The highest BCUT2D eigenvalue weighted by atomic mass is 32.2. The summed E-state index contributed by atoms with van der Waals surface area (Å²) in [4.78, 5) is 29.2. The van der Waals surface area contributed by atoms with Crippen molar-refractivity contribution in [3.05, 3.63) is 59.7 Å². The van der Waals surface area contributed by atoms with Gasteiger partial charge in [-0.25, -0.2) is 4.99 Å². The molecule has 3 rings (SSSR count). The highest BCUT2D eigenvalue weighted by Crippen LogP contribution is 2.30. The summed E-state index contributed by atoms with van der Waals surface area (Å²) in [5, 5.41) is 5.73. The molecule has 1 saturated heterocycles. The van der Waals surface area contributed by atoms with Crippen molar-refractivity contribution in [1.29, 1.82) is 0 Å². The molecule has 1 heterocycles. The van der Waals surface area contributed by atoms with Crippen molar-refractivity contribution >= 4 is 40.1 Å². The summed E-state index contributed by atoms with van der Waals surface area (Å²) in [7, 11) is 0. The molecule has 2 aromatic rings. The van der Waals surface area contributed by atoms with Gasteiger partial charge in [-0.3, -0.25) is 9.59 Å². The molecule has 0 unspecified atom stereocenters. The number of benzene rings is 2. The third-order valence-corrected chi connectivity index (χ3v) is 5.46. The second-order valence-corrected chi connectivity index (χ2v) is 7.45. The van der Waals surface area contributed by atoms with Crippen LogP contribution in [-0.2, 0) is 22.4 Å². The van der Waals surface area contributed by atoms with Gasteiger partial charge in [0, 0.05) is 12.1 Å². The molecule has 0 aromatic heterocycles. The second kappa shape index (κ2) is 8.86. The van der Waals surface area contributed by atoms with E-state index in [4.69, 9.17) is 4.99 Å². The van der Waals surface area contributed by atoms with Crippen LogP contribution in [0.2, 0.25) is 0 Å². The van der Waals surface area contributed by atoms with E-state index in [0.717, 1.165) is 35.3 Å². The number of carbonyl (C=O) groups excluding carboxylic acids is 2. The Balaban J connectivity index is 1.70. The van der Waals surface area contributed by atoms with Crippen LogP contribution in [0.25, 0.3) is 0 Å². The second-order valence-electron chi connectivity index (χ2n) is 6.26. The molecule has 0 spiro atoms. The molecule has 6 heteroatoms. The van der Waals surface area contributed by atoms with E-state index in [1.165, 1.54) is 11.8 Å². The number of thioether (sulfide) groups is 1. The summed E-state index contributed by atoms with van der Waals surface area (Å²) < 4.78 is 0. The summed E-state index contributed by atoms with van der Waals surface area (Å²) in [6.45, 7) is 4.19. The molecule has 0 bridgehead atoms. The van der Waals surface area contributed by atoms with Crippen molar-refractivity contribution in [2.24, 2.45) is 4.99 Å². The maximum atomic E-state index is 12.3. The van der Waals surface area contributed by atoms with Gasteiger partial charge in [0.05, 0.1) is 5.69 Å². The molecule has 2 amide bonds. The van der Waals surface area contributed by atoms with E-state index < -0.39 is 5.25 Å². The van der Waals surface area contributed by atoms with Crippen LogP contribution in [-0.4, -0.2) is 22.2 Å². The number of amides is 2. The van der Waals surface area contributed by atoms with Crippen LogP contribution < -0.4 is 10.6 Å². The first-order chi connectivity index (χ1) is 13.1. The summed E-state index contributed by atoms with van der Waals surface area (Å²) in [5.41, 5.74) is 3.97. The van der Waals surface area contributed by atoms with Crippen LogP contribution in [0.1, 0.15) is 31.4 Å². The Kier molecular flexibility index (Phi) is 6.29. The molecule has 140 valence electrons. The van der Waals surface area contributed by atoms with Gasteiger partial charge in [0.1, 0.15) is 5.25 Å². The number of anilines is 1. The minimum Gasteiger partial charge on any atom is -0.326 e. The molecule has 2 aromatic carbocycles. The summed E-state index contributed by atoms with van der Waals surface area (Å²) >= 11 is 1.32. The normalized spacial score (nSPS) is 17.8. The number of aliphatic imine (C=N–C) groups is 1. The number of nitrogens with zero attached hydrogens (tertiary/aromatic N) is 1. The topological polar surface area (TPSA) is 70.6 Å². The van der Waals surface area contributed by atoms with Crippen molar-refractivity contribution in [1.82, 2.24) is 5.32 Å². The SMILES string of the molecule is CCc1cccc(CC)c1N=C1NC(=O)[C@H](CC(=O)Nc2ccccc2)S1. The number of carbonyl (C=O) groups is 2. The van der Waals surface area contributed by atoms with Gasteiger partial charge in [0.2, 0.25) is 11.8 Å². The van der Waals surface area contributed by atoms with E-state index in [9.17, 15) is 9.59 Å². The maximum absolute atomic E-state index is 12.3. The lowest BCUT2D eigenvalue weighted by Crippen LogP contribution is -2.28. The number of amidine groups is 1. The van der Waals surface area contributed by atoms with E-state index in [0.29, 0.717) is 5.17 Å². The molecule has 27 heavy (non-hydrogen) atoms. The number of hydrogen-bond donors (Lipinski definition) is 2. The zero-order valence-corrected chi connectivity index (χ0v) is 16.3. The van der Waals surface area contributed by atoms with Crippen LogP contribution in [0.3, 0.4) is 0 Å². The van der Waals surface area contributed by atoms with Crippen LogP contribution in [0, 0.1) is 0 Å². The third kappa shape index (κ3) is 4.77. The zero-order valence-electron chi connectivity index (χ0n) is 15.5. The van der Waals surface area contributed by atoms with Gasteiger partial charge in [-0.15, -0.1) is 0 Å². The first-order valence-electron chi connectivity index (χ1n) is 9.12. The van der Waals surface area contributed by atoms with Crippen molar-refractivity contribution < 1.29 is 9.59 Å². The van der Waals surface area contributed by atoms with Crippen molar-refractivity contribution in [3.8, 4) is 0 Å². The molecule has 1 aliphatic rings. The summed E-state index contributed by atoms with van der Waals surface area (Å²) in [6, 6.07) is 15.4. The van der Waals surface area contributed by atoms with Crippen LogP contribution >= 0.6 is 11.8 Å². The Morgan fingerprint density at radius 2 is 1.74 bits per heavy atom. The average molecular weight is 382 g/mol. The first kappa shape index (κ1) is 19.2. The fraction of sp³-hybridized carbons (Fsp3) is 0.286. The first-order valence-corrected chi connectivity index (χ1v) is 10.0. The van der Waals surface area contributed by atoms with Crippen molar-refractivity contribution in [3.63, 3.8) is 0 Å². The Morgan fingerprint density at radius 1 is 1.07 bits per heavy atom. The molecule has 0 aliphatic carbocycles. The van der Waals surface area contributed by atoms with E-state index in [1.807, 2.05) is 36.4 Å². The fourth-order valence-corrected chi connectivity index (χ4v) is 3.93. The lowest BCUT2D eigenvalue weighted by Gasteiger charge is -2.09. The Morgan fingerprint density at radius 3 is 2.37 bits per heavy atom. The summed E-state index contributed by atoms with van der Waals surface area (Å²) in [6.07, 6.45) is 1.86. The number of rotatable bonds is 6. The smallest absolute Gasteiger partial charge is 0.240 e. The van der Waals surface area contributed by atoms with E-state index in [2.05, 4.69) is 36.6 Å². The van der Waals surface area contributed by atoms with Gasteiger partial charge in [-0.05, 0) is 36.1 Å². The fourth-order valence-electron chi connectivity index (χ4n) is 2.95. The minimum atomic E-state index is -0.466. The van der Waals surface area contributed by atoms with Gasteiger partial charge >= 0.3 is 0 Å². The van der Waals surface area contributed by atoms with E-state index in [1.54, 1.807) is 0 Å². The molecule has 0 radical (unpaired) electrons. The van der Waals surface area contributed by atoms with Crippen LogP contribution in [0.4, 0.5) is 11.4 Å². The Labute approximate surface area is 163 Å². The van der Waals surface area contributed by atoms with Gasteiger partial charge in [0.15, 0.2) is 5.17 Å². The third-order valence-electron chi connectivity index (χ3n) is 4.38. The van der Waals surface area contributed by atoms with Gasteiger partial charge in [0.25, 0.3) is 0 Å². The lowest BCUT2D eigenvalue weighted by atomic mass is 10.0. The molecule has 0 saturated carbocycles. The number of aryl methyl sites for hydroxylation is 2. The quantitative estimate of drug-likeness (QED) is 0.793. The number of para-hydroxylation sites is 2. The van der Waals surface area contributed by atoms with Crippen LogP contribution in [0.15, 0.2) is 53.5 Å². The average Bonchev–Trinajstić information content (AvgIpc) is 3.01. The van der Waals surface area contributed by atoms with Crippen molar-refractivity contribution in [2.45, 2.75) is 38.4 Å². The summed E-state index contributed by atoms with van der Waals surface area (Å²) in [5.74, 6) is -0.354. The van der Waals surface area contributed by atoms with Gasteiger partial charge in [-0.1, -0.05) is 62.0 Å². The lowest BCUT2D eigenvalue weighted by molar-refractivity contribution is -0.122. The highest BCUT2D eigenvalue weighted by Gasteiger charge is 2.32. The molecular formula is C21H23N3O2S. The maximum Gasteiger partial charge on any atom is 0.240 e. The zero-order chi connectivity index (χ0) is 19.2.